The molecular weight excluding hydrogens is 192 g/mol. The van der Waals surface area contributed by atoms with E-state index in [1.54, 1.807) is 7.05 Å². The molecule has 3 N–H and O–H groups in total. The van der Waals surface area contributed by atoms with Crippen molar-refractivity contribution in [2.24, 2.45) is 0 Å². The van der Waals surface area contributed by atoms with Gasteiger partial charge in [-0.3, -0.25) is 0 Å². The standard InChI is InChI=1S/C9H18N2O2.C2H6/c1-9(13)5-3-7(4-6-9)11-8(12)10-2;1-2/h7,13H,3-6H2,1-2H3,(H2,10,11,12);1-2H3. The fraction of sp³-hybridized carbons (Fsp3) is 0.909. The molecule has 0 aliphatic heterocycles. The van der Waals surface area contributed by atoms with Crippen LogP contribution in [0.3, 0.4) is 0 Å². The van der Waals surface area contributed by atoms with Crippen molar-refractivity contribution in [1.82, 2.24) is 10.6 Å². The number of urea groups is 1. The molecule has 0 aromatic heterocycles. The second kappa shape index (κ2) is 6.67. The van der Waals surface area contributed by atoms with Crippen LogP contribution in [0.4, 0.5) is 4.79 Å². The third kappa shape index (κ3) is 5.62. The van der Waals surface area contributed by atoms with Crippen LogP contribution in [0.2, 0.25) is 0 Å². The van der Waals surface area contributed by atoms with Crippen LogP contribution in [-0.4, -0.2) is 29.8 Å². The molecule has 0 heterocycles. The Morgan fingerprint density at radius 3 is 2.20 bits per heavy atom. The SMILES string of the molecule is CC.CNC(=O)NC1CCC(C)(O)CC1. The highest BCUT2D eigenvalue weighted by atomic mass is 16.3. The molecule has 0 spiro atoms. The summed E-state index contributed by atoms with van der Waals surface area (Å²) in [7, 11) is 1.61. The summed E-state index contributed by atoms with van der Waals surface area (Å²) in [5, 5.41) is 15.0. The molecule has 4 heteroatoms. The zero-order chi connectivity index (χ0) is 11.9. The molecule has 1 saturated carbocycles. The first-order valence-electron chi connectivity index (χ1n) is 5.74. The van der Waals surface area contributed by atoms with Crippen molar-refractivity contribution in [3.8, 4) is 0 Å². The summed E-state index contributed by atoms with van der Waals surface area (Å²) in [6.45, 7) is 5.85. The lowest BCUT2D eigenvalue weighted by molar-refractivity contribution is 0.0152. The van der Waals surface area contributed by atoms with Gasteiger partial charge in [0, 0.05) is 13.1 Å². The topological polar surface area (TPSA) is 61.4 Å². The molecule has 0 aromatic carbocycles. The van der Waals surface area contributed by atoms with E-state index < -0.39 is 5.60 Å². The molecule has 1 aliphatic rings. The van der Waals surface area contributed by atoms with Crippen molar-refractivity contribution < 1.29 is 9.90 Å². The summed E-state index contributed by atoms with van der Waals surface area (Å²) in [4.78, 5) is 11.0. The summed E-state index contributed by atoms with van der Waals surface area (Å²) >= 11 is 0. The van der Waals surface area contributed by atoms with Gasteiger partial charge in [-0.15, -0.1) is 0 Å². The fourth-order valence-corrected chi connectivity index (χ4v) is 1.64. The van der Waals surface area contributed by atoms with E-state index in [1.807, 2.05) is 20.8 Å². The molecule has 1 fully saturated rings. The summed E-state index contributed by atoms with van der Waals surface area (Å²) in [5.41, 5.74) is -0.527. The zero-order valence-electron chi connectivity index (χ0n) is 10.3. The van der Waals surface area contributed by atoms with E-state index >= 15 is 0 Å². The zero-order valence-corrected chi connectivity index (χ0v) is 10.3. The van der Waals surface area contributed by atoms with Crippen LogP contribution < -0.4 is 10.6 Å². The predicted molar refractivity (Wildman–Crippen MR) is 61.8 cm³/mol. The molecule has 0 unspecified atom stereocenters. The largest absolute Gasteiger partial charge is 0.390 e. The van der Waals surface area contributed by atoms with E-state index in [2.05, 4.69) is 10.6 Å². The lowest BCUT2D eigenvalue weighted by Crippen LogP contribution is -2.45. The van der Waals surface area contributed by atoms with Crippen LogP contribution in [0, 0.1) is 0 Å². The van der Waals surface area contributed by atoms with Crippen molar-refractivity contribution in [2.75, 3.05) is 7.05 Å². The van der Waals surface area contributed by atoms with Crippen molar-refractivity contribution >= 4 is 6.03 Å². The number of amides is 2. The maximum absolute atomic E-state index is 11.0. The lowest BCUT2D eigenvalue weighted by Gasteiger charge is -2.33. The quantitative estimate of drug-likeness (QED) is 0.624. The molecule has 4 nitrogen and oxygen atoms in total. The number of aliphatic hydroxyl groups is 1. The third-order valence-corrected chi connectivity index (χ3v) is 2.63. The summed E-state index contributed by atoms with van der Waals surface area (Å²) in [5.74, 6) is 0. The Morgan fingerprint density at radius 2 is 1.80 bits per heavy atom. The average molecular weight is 216 g/mol. The maximum atomic E-state index is 11.0. The molecular formula is C11H24N2O2. The Morgan fingerprint density at radius 1 is 1.33 bits per heavy atom. The lowest BCUT2D eigenvalue weighted by atomic mass is 9.84. The predicted octanol–water partition coefficient (Wildman–Crippen LogP) is 1.64. The van der Waals surface area contributed by atoms with Gasteiger partial charge in [0.25, 0.3) is 0 Å². The van der Waals surface area contributed by atoms with E-state index in [0.717, 1.165) is 25.7 Å². The fourth-order valence-electron chi connectivity index (χ4n) is 1.64. The van der Waals surface area contributed by atoms with E-state index in [1.165, 1.54) is 0 Å². The van der Waals surface area contributed by atoms with Crippen LogP contribution in [0.1, 0.15) is 46.5 Å². The molecule has 0 atom stereocenters. The van der Waals surface area contributed by atoms with E-state index in [4.69, 9.17) is 0 Å². The van der Waals surface area contributed by atoms with Gasteiger partial charge in [-0.25, -0.2) is 4.79 Å². The van der Waals surface area contributed by atoms with Gasteiger partial charge in [0.1, 0.15) is 0 Å². The first-order valence-corrected chi connectivity index (χ1v) is 5.74. The van der Waals surface area contributed by atoms with Gasteiger partial charge in [0.05, 0.1) is 5.60 Å². The Kier molecular flexibility index (Phi) is 6.32. The van der Waals surface area contributed by atoms with Gasteiger partial charge in [0.15, 0.2) is 0 Å². The number of carbonyl (C=O) groups excluding carboxylic acids is 1. The third-order valence-electron chi connectivity index (χ3n) is 2.63. The Bertz CT molecular complexity index is 183. The minimum Gasteiger partial charge on any atom is -0.390 e. The number of carbonyl (C=O) groups is 1. The Balaban J connectivity index is 0.000000921. The molecule has 15 heavy (non-hydrogen) atoms. The highest BCUT2D eigenvalue weighted by molar-refractivity contribution is 5.73. The smallest absolute Gasteiger partial charge is 0.314 e. The second-order valence-corrected chi connectivity index (χ2v) is 3.99. The maximum Gasteiger partial charge on any atom is 0.314 e. The normalized spacial score (nSPS) is 29.8. The summed E-state index contributed by atoms with van der Waals surface area (Å²) in [6.07, 6.45) is 3.25. The number of hydrogen-bond acceptors (Lipinski definition) is 2. The van der Waals surface area contributed by atoms with Gasteiger partial charge in [-0.05, 0) is 32.6 Å². The summed E-state index contributed by atoms with van der Waals surface area (Å²) in [6, 6.07) is 0.0896. The molecule has 0 bridgehead atoms. The Hall–Kier alpha value is -0.770. The van der Waals surface area contributed by atoms with E-state index in [-0.39, 0.29) is 12.1 Å². The first kappa shape index (κ1) is 14.2. The monoisotopic (exact) mass is 216 g/mol. The number of nitrogens with one attached hydrogen (secondary N) is 2. The van der Waals surface area contributed by atoms with Gasteiger partial charge in [0.2, 0.25) is 0 Å². The van der Waals surface area contributed by atoms with Crippen molar-refractivity contribution in [1.29, 1.82) is 0 Å². The van der Waals surface area contributed by atoms with Crippen molar-refractivity contribution in [3.63, 3.8) is 0 Å². The van der Waals surface area contributed by atoms with Crippen LogP contribution in [0.15, 0.2) is 0 Å². The highest BCUT2D eigenvalue weighted by Gasteiger charge is 2.28. The number of rotatable bonds is 1. The molecule has 90 valence electrons. The van der Waals surface area contributed by atoms with Crippen molar-refractivity contribution in [3.05, 3.63) is 0 Å². The van der Waals surface area contributed by atoms with E-state index in [0.29, 0.717) is 0 Å². The highest BCUT2D eigenvalue weighted by Crippen LogP contribution is 2.27. The molecule has 0 saturated heterocycles. The van der Waals surface area contributed by atoms with Crippen LogP contribution in [0.25, 0.3) is 0 Å². The van der Waals surface area contributed by atoms with Gasteiger partial charge >= 0.3 is 6.03 Å². The molecule has 0 radical (unpaired) electrons. The second-order valence-electron chi connectivity index (χ2n) is 3.99. The minimum atomic E-state index is -0.527. The van der Waals surface area contributed by atoms with E-state index in [9.17, 15) is 9.90 Å². The van der Waals surface area contributed by atoms with Crippen molar-refractivity contribution in [2.45, 2.75) is 58.1 Å². The minimum absolute atomic E-state index is 0.133. The average Bonchev–Trinajstić information content (AvgIpc) is 2.24. The van der Waals surface area contributed by atoms with Gasteiger partial charge in [-0.1, -0.05) is 13.8 Å². The van der Waals surface area contributed by atoms with Crippen LogP contribution >= 0.6 is 0 Å². The first-order chi connectivity index (χ1) is 7.03. The molecule has 2 amide bonds. The van der Waals surface area contributed by atoms with Gasteiger partial charge < -0.3 is 15.7 Å². The van der Waals surface area contributed by atoms with Crippen LogP contribution in [0.5, 0.6) is 0 Å². The Labute approximate surface area is 92.4 Å². The molecule has 0 aromatic rings. The summed E-state index contributed by atoms with van der Waals surface area (Å²) < 4.78 is 0. The molecule has 1 rings (SSSR count). The molecule has 1 aliphatic carbocycles. The van der Waals surface area contributed by atoms with Gasteiger partial charge in [-0.2, -0.15) is 0 Å². The van der Waals surface area contributed by atoms with Crippen LogP contribution in [-0.2, 0) is 0 Å². The number of hydrogen-bond donors (Lipinski definition) is 3.